The van der Waals surface area contributed by atoms with Crippen molar-refractivity contribution in [3.05, 3.63) is 58.3 Å². The van der Waals surface area contributed by atoms with E-state index >= 15 is 0 Å². The lowest BCUT2D eigenvalue weighted by Gasteiger charge is -2.43. The SMILES string of the molecule is O=C(Nc1ccc(=O)n2c1[C@@H]1C[C@@H](CN(C(=O)Nc3ccc(F)cc3)C1)C2)NC1CCCCC1. The number of anilines is 2. The Balaban J connectivity index is 1.32. The van der Waals surface area contributed by atoms with Gasteiger partial charge >= 0.3 is 12.1 Å². The Morgan fingerprint density at radius 3 is 2.44 bits per heavy atom. The summed E-state index contributed by atoms with van der Waals surface area (Å²) >= 11 is 0. The van der Waals surface area contributed by atoms with E-state index in [4.69, 9.17) is 0 Å². The lowest BCUT2D eigenvalue weighted by Crippen LogP contribution is -2.50. The topological polar surface area (TPSA) is 95.5 Å². The molecule has 2 fully saturated rings. The molecule has 9 heteroatoms. The quantitative estimate of drug-likeness (QED) is 0.634. The van der Waals surface area contributed by atoms with E-state index in [9.17, 15) is 18.8 Å². The molecule has 2 bridgehead atoms. The standard InChI is InChI=1S/C25H30FN5O3/c26-18-6-8-20(9-7-18)28-25(34)30-13-16-12-17(15-30)23-21(10-11-22(32)31(23)14-16)29-24(33)27-19-4-2-1-3-5-19/h6-11,16-17,19H,1-5,12-15H2,(H,28,34)(H2,27,29,33)/t16-,17+/m0/s1. The maximum absolute atomic E-state index is 13.2. The van der Waals surface area contributed by atoms with Crippen molar-refractivity contribution in [2.45, 2.75) is 57.0 Å². The van der Waals surface area contributed by atoms with Gasteiger partial charge in [-0.1, -0.05) is 19.3 Å². The van der Waals surface area contributed by atoms with Crippen LogP contribution < -0.4 is 21.5 Å². The highest BCUT2D eigenvalue weighted by molar-refractivity contribution is 5.91. The third-order valence-electron chi connectivity index (χ3n) is 7.16. The number of aromatic nitrogens is 1. The van der Waals surface area contributed by atoms with Crippen LogP contribution >= 0.6 is 0 Å². The summed E-state index contributed by atoms with van der Waals surface area (Å²) in [6.45, 7) is 1.48. The van der Waals surface area contributed by atoms with E-state index in [1.54, 1.807) is 15.5 Å². The second kappa shape index (κ2) is 9.48. The van der Waals surface area contributed by atoms with Gasteiger partial charge in [0.25, 0.3) is 5.56 Å². The normalized spacial score (nSPS) is 22.0. The van der Waals surface area contributed by atoms with Gasteiger partial charge in [-0.2, -0.15) is 0 Å². The van der Waals surface area contributed by atoms with Crippen LogP contribution in [0.4, 0.5) is 25.4 Å². The zero-order valence-electron chi connectivity index (χ0n) is 19.1. The number of benzene rings is 1. The number of piperidine rings is 1. The van der Waals surface area contributed by atoms with E-state index < -0.39 is 0 Å². The molecule has 3 heterocycles. The van der Waals surface area contributed by atoms with Gasteiger partial charge in [0.05, 0.1) is 5.69 Å². The first-order chi connectivity index (χ1) is 16.5. The van der Waals surface area contributed by atoms with Gasteiger partial charge in [0.15, 0.2) is 0 Å². The van der Waals surface area contributed by atoms with Crippen LogP contribution in [0.2, 0.25) is 0 Å². The van der Waals surface area contributed by atoms with Crippen LogP contribution in [0.3, 0.4) is 0 Å². The van der Waals surface area contributed by atoms with E-state index in [-0.39, 0.29) is 41.3 Å². The summed E-state index contributed by atoms with van der Waals surface area (Å²) in [6, 6.07) is 8.51. The average molecular weight is 468 g/mol. The van der Waals surface area contributed by atoms with Gasteiger partial charge in [-0.15, -0.1) is 0 Å². The van der Waals surface area contributed by atoms with Crippen molar-refractivity contribution in [3.8, 4) is 0 Å². The van der Waals surface area contributed by atoms with Crippen molar-refractivity contribution in [2.24, 2.45) is 5.92 Å². The number of carbonyl (C=O) groups excluding carboxylic acids is 2. The number of nitrogens with zero attached hydrogens (tertiary/aromatic N) is 2. The predicted octanol–water partition coefficient (Wildman–Crippen LogP) is 4.09. The molecular weight excluding hydrogens is 437 g/mol. The molecule has 4 amide bonds. The van der Waals surface area contributed by atoms with Crippen LogP contribution in [0.5, 0.6) is 0 Å². The highest BCUT2D eigenvalue weighted by Crippen LogP contribution is 2.38. The maximum Gasteiger partial charge on any atom is 0.321 e. The van der Waals surface area contributed by atoms with Crippen LogP contribution in [-0.4, -0.2) is 40.7 Å². The molecule has 180 valence electrons. The van der Waals surface area contributed by atoms with Gasteiger partial charge in [0.2, 0.25) is 0 Å². The van der Waals surface area contributed by atoms with Crippen LogP contribution in [0.1, 0.15) is 50.1 Å². The minimum Gasteiger partial charge on any atom is -0.335 e. The molecule has 2 aliphatic heterocycles. The van der Waals surface area contributed by atoms with Gasteiger partial charge in [0.1, 0.15) is 5.82 Å². The third kappa shape index (κ3) is 4.78. The number of pyridine rings is 1. The summed E-state index contributed by atoms with van der Waals surface area (Å²) in [4.78, 5) is 40.0. The molecule has 5 rings (SSSR count). The van der Waals surface area contributed by atoms with Crippen molar-refractivity contribution >= 4 is 23.4 Å². The van der Waals surface area contributed by atoms with Crippen molar-refractivity contribution in [1.29, 1.82) is 0 Å². The second-order valence-corrected chi connectivity index (χ2v) is 9.66. The Morgan fingerprint density at radius 1 is 0.912 bits per heavy atom. The summed E-state index contributed by atoms with van der Waals surface area (Å²) in [7, 11) is 0. The van der Waals surface area contributed by atoms with E-state index in [1.165, 1.54) is 36.8 Å². The van der Waals surface area contributed by atoms with E-state index in [0.717, 1.165) is 37.8 Å². The fraction of sp³-hybridized carbons (Fsp3) is 0.480. The van der Waals surface area contributed by atoms with E-state index in [1.807, 2.05) is 0 Å². The predicted molar refractivity (Wildman–Crippen MR) is 128 cm³/mol. The maximum atomic E-state index is 13.2. The van der Waals surface area contributed by atoms with Crippen molar-refractivity contribution in [3.63, 3.8) is 0 Å². The van der Waals surface area contributed by atoms with Gasteiger partial charge in [-0.3, -0.25) is 4.79 Å². The first-order valence-electron chi connectivity index (χ1n) is 12.1. The number of carbonyl (C=O) groups is 2. The third-order valence-corrected chi connectivity index (χ3v) is 7.16. The minimum atomic E-state index is -0.361. The number of halogens is 1. The zero-order chi connectivity index (χ0) is 23.7. The van der Waals surface area contributed by atoms with Crippen LogP contribution in [-0.2, 0) is 6.54 Å². The Bertz CT molecular complexity index is 1130. The number of likely N-dealkylation sites (tertiary alicyclic amines) is 1. The number of urea groups is 2. The molecule has 0 radical (unpaired) electrons. The lowest BCUT2D eigenvalue weighted by molar-refractivity contribution is 0.140. The first kappa shape index (κ1) is 22.4. The van der Waals surface area contributed by atoms with Gasteiger partial charge < -0.3 is 25.4 Å². The van der Waals surface area contributed by atoms with Crippen molar-refractivity contribution in [2.75, 3.05) is 23.7 Å². The van der Waals surface area contributed by atoms with Crippen LogP contribution in [0.15, 0.2) is 41.2 Å². The molecule has 0 unspecified atom stereocenters. The van der Waals surface area contributed by atoms with Crippen molar-refractivity contribution in [1.82, 2.24) is 14.8 Å². The lowest BCUT2D eigenvalue weighted by atomic mass is 9.82. The summed E-state index contributed by atoms with van der Waals surface area (Å²) in [5.41, 5.74) is 1.84. The van der Waals surface area contributed by atoms with E-state index in [2.05, 4.69) is 16.0 Å². The smallest absolute Gasteiger partial charge is 0.321 e. The summed E-state index contributed by atoms with van der Waals surface area (Å²) in [5, 5.41) is 8.86. The largest absolute Gasteiger partial charge is 0.335 e. The Kier molecular flexibility index (Phi) is 6.26. The Hall–Kier alpha value is -3.36. The summed E-state index contributed by atoms with van der Waals surface area (Å²) in [5.74, 6) is -0.278. The molecule has 1 aliphatic carbocycles. The van der Waals surface area contributed by atoms with Gasteiger partial charge in [0, 0.05) is 49.0 Å². The molecule has 34 heavy (non-hydrogen) atoms. The molecule has 2 atom stereocenters. The minimum absolute atomic E-state index is 0.0645. The fourth-order valence-corrected chi connectivity index (χ4v) is 5.61. The average Bonchev–Trinajstić information content (AvgIpc) is 2.83. The van der Waals surface area contributed by atoms with Crippen LogP contribution in [0, 0.1) is 11.7 Å². The first-order valence-corrected chi connectivity index (χ1v) is 12.1. The number of hydrogen-bond acceptors (Lipinski definition) is 3. The highest BCUT2D eigenvalue weighted by atomic mass is 19.1. The van der Waals surface area contributed by atoms with Gasteiger partial charge in [-0.25, -0.2) is 14.0 Å². The molecule has 8 nitrogen and oxygen atoms in total. The molecule has 1 aromatic heterocycles. The van der Waals surface area contributed by atoms with Crippen molar-refractivity contribution < 1.29 is 14.0 Å². The molecule has 3 aliphatic rings. The number of hydrogen-bond donors (Lipinski definition) is 3. The number of rotatable bonds is 3. The molecular formula is C25H30FN5O3. The molecule has 2 aromatic rings. The van der Waals surface area contributed by atoms with Gasteiger partial charge in [-0.05, 0) is 55.5 Å². The second-order valence-electron chi connectivity index (χ2n) is 9.66. The molecule has 1 aromatic carbocycles. The molecule has 1 saturated carbocycles. The monoisotopic (exact) mass is 467 g/mol. The summed E-state index contributed by atoms with van der Waals surface area (Å²) in [6.07, 6.45) is 6.29. The fourth-order valence-electron chi connectivity index (χ4n) is 5.61. The number of nitrogens with one attached hydrogen (secondary N) is 3. The number of amides is 4. The number of fused-ring (bicyclic) bond motifs is 4. The Morgan fingerprint density at radius 2 is 1.68 bits per heavy atom. The molecule has 1 saturated heterocycles. The zero-order valence-corrected chi connectivity index (χ0v) is 19.1. The Labute approximate surface area is 197 Å². The molecule has 3 N–H and O–H groups in total. The highest BCUT2D eigenvalue weighted by Gasteiger charge is 2.38. The summed E-state index contributed by atoms with van der Waals surface area (Å²) < 4.78 is 14.9. The van der Waals surface area contributed by atoms with Crippen LogP contribution in [0.25, 0.3) is 0 Å². The van der Waals surface area contributed by atoms with E-state index in [0.29, 0.717) is 31.0 Å². The molecule has 0 spiro atoms.